The highest BCUT2D eigenvalue weighted by atomic mass is 16.5. The Morgan fingerprint density at radius 1 is 1.06 bits per heavy atom. The fourth-order valence-electron chi connectivity index (χ4n) is 3.78. The molecule has 0 atom stereocenters. The third kappa shape index (κ3) is 4.05. The summed E-state index contributed by atoms with van der Waals surface area (Å²) in [7, 11) is 0. The number of ketones is 2. The number of hydrogen-bond acceptors (Lipinski definition) is 6. The number of carbonyl (C=O) groups excluding carboxylic acids is 5. The van der Waals surface area contributed by atoms with E-state index in [1.54, 1.807) is 13.8 Å². The number of aromatic amines is 1. The van der Waals surface area contributed by atoms with Gasteiger partial charge in [-0.3, -0.25) is 24.1 Å². The van der Waals surface area contributed by atoms with Gasteiger partial charge < -0.3 is 9.72 Å². The lowest BCUT2D eigenvalue weighted by atomic mass is 10.1. The Morgan fingerprint density at radius 2 is 1.74 bits per heavy atom. The van der Waals surface area contributed by atoms with Crippen molar-refractivity contribution in [2.75, 3.05) is 13.2 Å². The van der Waals surface area contributed by atoms with Gasteiger partial charge in [-0.1, -0.05) is 13.3 Å². The van der Waals surface area contributed by atoms with E-state index in [0.29, 0.717) is 29.8 Å². The van der Waals surface area contributed by atoms with Crippen molar-refractivity contribution in [2.24, 2.45) is 0 Å². The van der Waals surface area contributed by atoms with Crippen molar-refractivity contribution in [1.82, 2.24) is 9.88 Å². The van der Waals surface area contributed by atoms with Crippen LogP contribution < -0.4 is 0 Å². The van der Waals surface area contributed by atoms with E-state index < -0.39 is 24.3 Å². The zero-order valence-corrected chi connectivity index (χ0v) is 18.0. The van der Waals surface area contributed by atoms with Crippen molar-refractivity contribution in [3.8, 4) is 0 Å². The van der Waals surface area contributed by atoms with Crippen LogP contribution in [0, 0.1) is 13.8 Å². The lowest BCUT2D eigenvalue weighted by Gasteiger charge is -2.12. The number of nitrogens with zero attached hydrogens (tertiary/aromatic N) is 1. The topological polar surface area (TPSA) is 114 Å². The summed E-state index contributed by atoms with van der Waals surface area (Å²) < 4.78 is 5.12. The maximum absolute atomic E-state index is 12.5. The highest BCUT2D eigenvalue weighted by Gasteiger charge is 2.35. The first kappa shape index (κ1) is 22.1. The second-order valence-electron chi connectivity index (χ2n) is 7.56. The normalized spacial score (nSPS) is 12.8. The van der Waals surface area contributed by atoms with Crippen molar-refractivity contribution in [3.05, 3.63) is 57.4 Å². The lowest BCUT2D eigenvalue weighted by molar-refractivity contribution is 0.0473. The van der Waals surface area contributed by atoms with Crippen LogP contribution in [0.1, 0.15) is 89.9 Å². The van der Waals surface area contributed by atoms with E-state index in [0.717, 1.165) is 6.42 Å². The number of esters is 1. The molecule has 0 unspecified atom stereocenters. The molecule has 1 N–H and O–H groups in total. The monoisotopic (exact) mass is 424 g/mol. The molecule has 0 spiro atoms. The van der Waals surface area contributed by atoms with Crippen LogP contribution in [0.2, 0.25) is 0 Å². The van der Waals surface area contributed by atoms with Gasteiger partial charge in [-0.15, -0.1) is 0 Å². The Bertz CT molecular complexity index is 1110. The van der Waals surface area contributed by atoms with Crippen LogP contribution in [0.25, 0.3) is 0 Å². The number of aryl methyl sites for hydroxylation is 1. The molecule has 8 heteroatoms. The summed E-state index contributed by atoms with van der Waals surface area (Å²) in [4.78, 5) is 65.6. The molecule has 31 heavy (non-hydrogen) atoms. The molecule has 0 saturated heterocycles. The number of fused-ring (bicyclic) bond motifs is 1. The van der Waals surface area contributed by atoms with E-state index in [1.165, 1.54) is 30.0 Å². The molecule has 1 aromatic heterocycles. The van der Waals surface area contributed by atoms with E-state index in [1.807, 2.05) is 6.92 Å². The summed E-state index contributed by atoms with van der Waals surface area (Å²) in [6.07, 6.45) is 1.54. The van der Waals surface area contributed by atoms with Gasteiger partial charge in [0.2, 0.25) is 5.78 Å². The molecular formula is C23H24N2O6. The smallest absolute Gasteiger partial charge is 0.338 e. The second kappa shape index (κ2) is 8.67. The van der Waals surface area contributed by atoms with Crippen LogP contribution in [0.4, 0.5) is 0 Å². The highest BCUT2D eigenvalue weighted by molar-refractivity contribution is 6.22. The van der Waals surface area contributed by atoms with Gasteiger partial charge in [0.1, 0.15) is 0 Å². The van der Waals surface area contributed by atoms with Gasteiger partial charge >= 0.3 is 5.97 Å². The van der Waals surface area contributed by atoms with Gasteiger partial charge in [0.15, 0.2) is 12.4 Å². The van der Waals surface area contributed by atoms with Gasteiger partial charge in [0.25, 0.3) is 11.8 Å². The number of Topliss-reactive ketones (excluding diaryl/α,β-unsaturated/α-hetero) is 2. The second-order valence-corrected chi connectivity index (χ2v) is 7.56. The van der Waals surface area contributed by atoms with E-state index in [9.17, 15) is 24.0 Å². The maximum atomic E-state index is 12.5. The average molecular weight is 424 g/mol. The summed E-state index contributed by atoms with van der Waals surface area (Å²) in [5, 5.41) is 0. The Kier molecular flexibility index (Phi) is 6.19. The Labute approximate surface area is 179 Å². The third-order valence-electron chi connectivity index (χ3n) is 5.34. The molecule has 1 aliphatic rings. The molecule has 0 saturated carbocycles. The molecule has 162 valence electrons. The number of H-pyrrole nitrogens is 1. The molecule has 2 heterocycles. The predicted molar refractivity (Wildman–Crippen MR) is 112 cm³/mol. The summed E-state index contributed by atoms with van der Waals surface area (Å²) >= 11 is 0. The number of hydrogen-bond donors (Lipinski definition) is 1. The van der Waals surface area contributed by atoms with Gasteiger partial charge in [0, 0.05) is 17.8 Å². The number of carbonyl (C=O) groups is 5. The van der Waals surface area contributed by atoms with Crippen molar-refractivity contribution >= 4 is 29.4 Å². The molecule has 2 amide bonds. The molecule has 0 fully saturated rings. The molecule has 1 aromatic carbocycles. The third-order valence-corrected chi connectivity index (χ3v) is 5.34. The van der Waals surface area contributed by atoms with Crippen LogP contribution in [0.15, 0.2) is 18.2 Å². The van der Waals surface area contributed by atoms with Crippen molar-refractivity contribution in [2.45, 2.75) is 40.5 Å². The molecule has 0 bridgehead atoms. The number of aromatic nitrogens is 1. The van der Waals surface area contributed by atoms with Crippen LogP contribution in [-0.4, -0.2) is 52.4 Å². The summed E-state index contributed by atoms with van der Waals surface area (Å²) in [6.45, 7) is 6.53. The number of rotatable bonds is 8. The number of unbranched alkanes of at least 4 members (excludes halogenated alkanes) is 1. The van der Waals surface area contributed by atoms with Crippen molar-refractivity contribution in [1.29, 1.82) is 0 Å². The average Bonchev–Trinajstić information content (AvgIpc) is 3.17. The Morgan fingerprint density at radius 3 is 2.35 bits per heavy atom. The Balaban J connectivity index is 1.72. The van der Waals surface area contributed by atoms with Gasteiger partial charge in [0.05, 0.1) is 22.4 Å². The first-order chi connectivity index (χ1) is 14.7. The number of imide groups is 1. The molecule has 0 aliphatic carbocycles. The highest BCUT2D eigenvalue weighted by Crippen LogP contribution is 2.25. The summed E-state index contributed by atoms with van der Waals surface area (Å²) in [5.74, 6) is -2.22. The van der Waals surface area contributed by atoms with E-state index in [4.69, 9.17) is 4.74 Å². The van der Waals surface area contributed by atoms with Crippen LogP contribution in [0.3, 0.4) is 0 Å². The minimum atomic E-state index is -0.781. The van der Waals surface area contributed by atoms with E-state index in [-0.39, 0.29) is 34.1 Å². The zero-order chi connectivity index (χ0) is 22.9. The molecule has 0 radical (unpaired) electrons. The molecule has 8 nitrogen and oxygen atoms in total. The van der Waals surface area contributed by atoms with Gasteiger partial charge in [-0.25, -0.2) is 4.79 Å². The molecular weight excluding hydrogens is 400 g/mol. The van der Waals surface area contributed by atoms with Crippen LogP contribution >= 0.6 is 0 Å². The fraction of sp³-hybridized carbons (Fsp3) is 0.348. The zero-order valence-electron chi connectivity index (χ0n) is 18.0. The van der Waals surface area contributed by atoms with E-state index in [2.05, 4.69) is 4.98 Å². The van der Waals surface area contributed by atoms with Gasteiger partial charge in [-0.2, -0.15) is 0 Å². The first-order valence-corrected chi connectivity index (χ1v) is 10.1. The first-order valence-electron chi connectivity index (χ1n) is 10.1. The summed E-state index contributed by atoms with van der Waals surface area (Å²) in [6, 6.07) is 4.15. The standard InChI is InChI=1S/C23H24N2O6/c1-5-6-9-25-21(28)16-8-7-15(10-17(16)22(25)29)23(30)31-11-18(27)20-12(2)19(14(4)26)13(3)24-20/h7-8,10,24H,5-6,9,11H2,1-4H3. The van der Waals surface area contributed by atoms with Crippen molar-refractivity contribution < 1.29 is 28.7 Å². The largest absolute Gasteiger partial charge is 0.454 e. The lowest BCUT2D eigenvalue weighted by Crippen LogP contribution is -2.30. The number of benzene rings is 1. The minimum Gasteiger partial charge on any atom is -0.454 e. The molecule has 3 rings (SSSR count). The molecule has 1 aliphatic heterocycles. The number of nitrogens with one attached hydrogen (secondary N) is 1. The quantitative estimate of drug-likeness (QED) is 0.395. The van der Waals surface area contributed by atoms with Gasteiger partial charge in [-0.05, 0) is 51.0 Å². The van der Waals surface area contributed by atoms with E-state index >= 15 is 0 Å². The maximum Gasteiger partial charge on any atom is 0.338 e. The van der Waals surface area contributed by atoms with Crippen molar-refractivity contribution in [3.63, 3.8) is 0 Å². The molecule has 2 aromatic rings. The minimum absolute atomic E-state index is 0.0776. The SMILES string of the molecule is CCCCN1C(=O)c2ccc(C(=O)OCC(=O)c3[nH]c(C)c(C(C)=O)c3C)cc2C1=O. The predicted octanol–water partition coefficient (Wildman–Crippen LogP) is 3.27. The number of amides is 2. The number of ether oxygens (including phenoxy) is 1. The van der Waals surface area contributed by atoms with Crippen LogP contribution in [-0.2, 0) is 4.74 Å². The van der Waals surface area contributed by atoms with Crippen LogP contribution in [0.5, 0.6) is 0 Å². The Hall–Kier alpha value is -3.55. The summed E-state index contributed by atoms with van der Waals surface area (Å²) in [5.41, 5.74) is 2.25. The fourth-order valence-corrected chi connectivity index (χ4v) is 3.78.